The number of furan rings is 1. The summed E-state index contributed by atoms with van der Waals surface area (Å²) in [6, 6.07) is 52.5. The maximum Gasteiger partial charge on any atom is 0.428 e. The predicted octanol–water partition coefficient (Wildman–Crippen LogP) is 11.2. The first-order valence-electron chi connectivity index (χ1n) is 20.7. The third kappa shape index (κ3) is 5.26. The fraction of sp³-hybridized carbons (Fsp3) is 0. The Morgan fingerprint density at radius 2 is 0.909 bits per heavy atom. The molecule has 0 atom stereocenters. The molecule has 0 radical (unpaired) electrons. The van der Waals surface area contributed by atoms with Crippen LogP contribution in [0.15, 0.2) is 211 Å². The van der Waals surface area contributed by atoms with Crippen molar-refractivity contribution >= 4 is 54.3 Å². The summed E-state index contributed by atoms with van der Waals surface area (Å²) in [6.07, 6.45) is 5.98. The Labute approximate surface area is 324 Å². The van der Waals surface area contributed by atoms with E-state index in [0.717, 1.165) is 50.1 Å². The molecule has 0 aliphatic rings. The van der Waals surface area contributed by atoms with Crippen molar-refractivity contribution in [3.05, 3.63) is 207 Å². The van der Waals surface area contributed by atoms with Crippen LogP contribution in [0.2, 0.25) is 0 Å². The second-order valence-corrected chi connectivity index (χ2v) is 13.8. The van der Waals surface area contributed by atoms with Gasteiger partial charge in [-0.05, 0) is 84.9 Å². The molecule has 9 aromatic carbocycles. The van der Waals surface area contributed by atoms with E-state index >= 15 is 0 Å². The van der Waals surface area contributed by atoms with Gasteiger partial charge in [-0.1, -0.05) is 135 Å². The quantitative estimate of drug-likeness (QED) is 0.129. The Morgan fingerprint density at radius 3 is 1.60 bits per heavy atom. The van der Waals surface area contributed by atoms with Gasteiger partial charge in [-0.25, -0.2) is 0 Å². The molecule has 2 aromatic heterocycles. The summed E-state index contributed by atoms with van der Waals surface area (Å²) < 4.78 is 54.0. The van der Waals surface area contributed by atoms with Gasteiger partial charge in [-0.15, -0.1) is 0 Å². The number of aromatic nitrogens is 3. The van der Waals surface area contributed by atoms with Crippen molar-refractivity contribution in [3.8, 4) is 39.3 Å². The summed E-state index contributed by atoms with van der Waals surface area (Å²) in [5.41, 5.74) is 7.19. The van der Waals surface area contributed by atoms with E-state index < -0.39 is 6.04 Å². The molecule has 0 saturated carbocycles. The molecule has 0 aliphatic heterocycles. The van der Waals surface area contributed by atoms with Crippen LogP contribution in [0.25, 0.3) is 93.6 Å². The number of benzene rings is 9. The van der Waals surface area contributed by atoms with Gasteiger partial charge in [0.15, 0.2) is 0 Å². The number of fused-ring (bicyclic) bond motifs is 9. The first-order chi connectivity index (χ1) is 29.3. The minimum Gasteiger partial charge on any atom is -0.456 e. The van der Waals surface area contributed by atoms with Crippen molar-refractivity contribution in [2.24, 2.45) is 0 Å². The highest BCUT2D eigenvalue weighted by atomic mass is 16.3. The minimum atomic E-state index is -0.408. The van der Waals surface area contributed by atoms with E-state index in [1.165, 1.54) is 32.3 Å². The molecule has 2 heterocycles. The number of hydrogen-bond acceptors (Lipinski definition) is 1. The Kier molecular flexibility index (Phi) is 6.04. The molecule has 11 rings (SSSR count). The van der Waals surface area contributed by atoms with Gasteiger partial charge < -0.3 is 4.42 Å². The van der Waals surface area contributed by atoms with Crippen LogP contribution >= 0.6 is 0 Å². The summed E-state index contributed by atoms with van der Waals surface area (Å²) in [6.45, 7) is 0. The van der Waals surface area contributed by atoms with Gasteiger partial charge in [-0.3, -0.25) is 0 Å². The molecule has 256 valence electrons. The van der Waals surface area contributed by atoms with Crippen molar-refractivity contribution in [2.75, 3.05) is 0 Å². The first-order valence-corrected chi connectivity index (χ1v) is 18.2. The monoisotopic (exact) mass is 709 g/mol. The average Bonchev–Trinajstić information content (AvgIpc) is 3.69. The van der Waals surface area contributed by atoms with E-state index in [2.05, 4.69) is 97.1 Å². The standard InChI is InChI=1S/C51H34N3O/c1-3-12-35(13-4-1)36-22-25-39(26-23-36)53-32-52(38-14-5-2-6-15-38)33-54(34-53)40-27-29-47-50(31-40)55-49-21-11-20-41(51(47)49)37-24-28-46-44-18-8-7-16-42(44)43-17-9-10-19-45(43)48(46)30-37/h1-34H/q+3/i1D,3D,4D,12D,13D. The zero-order valence-corrected chi connectivity index (χ0v) is 29.5. The zero-order valence-electron chi connectivity index (χ0n) is 34.5. The predicted molar refractivity (Wildman–Crippen MR) is 222 cm³/mol. The van der Waals surface area contributed by atoms with Gasteiger partial charge >= 0.3 is 19.0 Å². The van der Waals surface area contributed by atoms with Crippen molar-refractivity contribution in [1.29, 1.82) is 0 Å². The second kappa shape index (κ2) is 12.6. The first kappa shape index (κ1) is 26.4. The summed E-state index contributed by atoms with van der Waals surface area (Å²) >= 11 is 0. The topological polar surface area (TPSA) is 24.8 Å². The van der Waals surface area contributed by atoms with Gasteiger partial charge in [0.05, 0.1) is 12.9 Å². The largest absolute Gasteiger partial charge is 0.456 e. The number of rotatable bonds is 5. The number of para-hydroxylation sites is 1. The Hall–Kier alpha value is -7.43. The lowest BCUT2D eigenvalue weighted by Gasteiger charge is -2.12. The highest BCUT2D eigenvalue weighted by molar-refractivity contribution is 6.26. The lowest BCUT2D eigenvalue weighted by Crippen LogP contribution is -2.55. The molecular formula is C51H34N3O+3. The van der Waals surface area contributed by atoms with E-state index in [1.807, 2.05) is 81.2 Å². The number of nitrogens with zero attached hydrogens (tertiary/aromatic N) is 3. The molecule has 55 heavy (non-hydrogen) atoms. The van der Waals surface area contributed by atoms with E-state index in [1.54, 1.807) is 12.1 Å². The zero-order chi connectivity index (χ0) is 40.6. The molecule has 0 aliphatic carbocycles. The molecule has 0 spiro atoms. The number of hydrogen-bond donors (Lipinski definition) is 0. The van der Waals surface area contributed by atoms with Crippen molar-refractivity contribution in [3.63, 3.8) is 0 Å². The Balaban J connectivity index is 1.03. The maximum absolute atomic E-state index is 8.47. The van der Waals surface area contributed by atoms with E-state index in [-0.39, 0.29) is 29.7 Å². The molecule has 11 aromatic rings. The summed E-state index contributed by atoms with van der Waals surface area (Å²) in [5, 5.41) is 9.53. The highest BCUT2D eigenvalue weighted by Gasteiger charge is 2.26. The smallest absolute Gasteiger partial charge is 0.428 e. The lowest BCUT2D eigenvalue weighted by molar-refractivity contribution is -0.858. The fourth-order valence-electron chi connectivity index (χ4n) is 7.98. The molecule has 0 bridgehead atoms. The minimum absolute atomic E-state index is 0.171. The van der Waals surface area contributed by atoms with Crippen LogP contribution in [0.5, 0.6) is 0 Å². The molecule has 0 amide bonds. The van der Waals surface area contributed by atoms with Crippen molar-refractivity contribution in [2.45, 2.75) is 0 Å². The van der Waals surface area contributed by atoms with E-state index in [0.29, 0.717) is 5.56 Å². The van der Waals surface area contributed by atoms with Crippen molar-refractivity contribution < 1.29 is 25.0 Å². The van der Waals surface area contributed by atoms with Crippen LogP contribution in [-0.2, 0) is 0 Å². The van der Waals surface area contributed by atoms with Gasteiger partial charge in [0, 0.05) is 41.1 Å². The lowest BCUT2D eigenvalue weighted by atomic mass is 9.91. The van der Waals surface area contributed by atoms with Gasteiger partial charge in [0.25, 0.3) is 0 Å². The Morgan fingerprint density at radius 1 is 0.364 bits per heavy atom. The van der Waals surface area contributed by atoms with Gasteiger partial charge in [0.1, 0.15) is 11.2 Å². The SMILES string of the molecule is [2H]c1c([2H])c([2H])c(-c2ccc(-[n+]3c[n+](-c4ccccc4)c[n+](-c4ccc5c(c4)oc4cccc(-c6ccc7c8ccccc8c8ccccc8c7c6)c45)c3)cc2)c([2H])c1[2H]. The van der Waals surface area contributed by atoms with Crippen molar-refractivity contribution in [1.82, 2.24) is 0 Å². The van der Waals surface area contributed by atoms with Crippen LogP contribution in [0.1, 0.15) is 6.85 Å². The van der Waals surface area contributed by atoms with Crippen LogP contribution in [0.3, 0.4) is 0 Å². The summed E-state index contributed by atoms with van der Waals surface area (Å²) in [5.74, 6) is 0. The molecule has 4 heteroatoms. The van der Waals surface area contributed by atoms with Gasteiger partial charge in [-0.2, -0.15) is 0 Å². The average molecular weight is 710 g/mol. The van der Waals surface area contributed by atoms with Crippen LogP contribution in [0, 0.1) is 0 Å². The molecule has 0 saturated heterocycles. The highest BCUT2D eigenvalue weighted by Crippen LogP contribution is 2.41. The molecule has 0 unspecified atom stereocenters. The van der Waals surface area contributed by atoms with E-state index in [4.69, 9.17) is 11.3 Å². The molecule has 0 fully saturated rings. The van der Waals surface area contributed by atoms with Crippen LogP contribution in [-0.4, -0.2) is 0 Å². The van der Waals surface area contributed by atoms with Crippen LogP contribution in [0.4, 0.5) is 0 Å². The van der Waals surface area contributed by atoms with Crippen LogP contribution < -0.4 is 13.7 Å². The fourth-order valence-corrected chi connectivity index (χ4v) is 7.98. The second-order valence-electron chi connectivity index (χ2n) is 13.8. The normalized spacial score (nSPS) is 12.9. The molecular weight excluding hydrogens is 671 g/mol. The summed E-state index contributed by atoms with van der Waals surface area (Å²) in [7, 11) is 0. The molecule has 4 nitrogen and oxygen atoms in total. The van der Waals surface area contributed by atoms with Gasteiger partial charge in [0.2, 0.25) is 17.1 Å². The summed E-state index contributed by atoms with van der Waals surface area (Å²) in [4.78, 5) is 0. The maximum atomic E-state index is 8.47. The third-order valence-corrected chi connectivity index (χ3v) is 10.6. The van der Waals surface area contributed by atoms with E-state index in [9.17, 15) is 0 Å². The third-order valence-electron chi connectivity index (χ3n) is 10.6. The molecule has 0 N–H and O–H groups in total. The Bertz CT molecular complexity index is 3490.